The summed E-state index contributed by atoms with van der Waals surface area (Å²) >= 11 is 0. The van der Waals surface area contributed by atoms with Crippen molar-refractivity contribution in [3.8, 4) is 11.5 Å². The van der Waals surface area contributed by atoms with Crippen LogP contribution in [-0.4, -0.2) is 16.1 Å². The zero-order valence-corrected chi connectivity index (χ0v) is 12.0. The second kappa shape index (κ2) is 5.41. The molecule has 0 spiro atoms. The van der Waals surface area contributed by atoms with Crippen LogP contribution in [0.15, 0.2) is 54.6 Å². The van der Waals surface area contributed by atoms with Gasteiger partial charge in [0.05, 0.1) is 5.56 Å². The molecule has 0 saturated heterocycles. The van der Waals surface area contributed by atoms with Crippen molar-refractivity contribution < 1.29 is 15.0 Å². The molecule has 3 N–H and O–H groups in total. The van der Waals surface area contributed by atoms with Gasteiger partial charge < -0.3 is 15.5 Å². The Labute approximate surface area is 127 Å². The minimum Gasteiger partial charge on any atom is -0.508 e. The molecule has 0 atom stereocenters. The average Bonchev–Trinajstić information content (AvgIpc) is 2.46. The molecule has 4 heteroatoms. The Kier molecular flexibility index (Phi) is 3.43. The van der Waals surface area contributed by atoms with Crippen molar-refractivity contribution in [2.24, 2.45) is 0 Å². The highest BCUT2D eigenvalue weighted by molar-refractivity contribution is 6.08. The molecule has 4 nitrogen and oxygen atoms in total. The first-order valence-corrected chi connectivity index (χ1v) is 6.87. The fourth-order valence-corrected chi connectivity index (χ4v) is 2.37. The predicted molar refractivity (Wildman–Crippen MR) is 86.4 cm³/mol. The number of aryl methyl sites for hydroxylation is 1. The number of amides is 1. The number of carbonyl (C=O) groups excluding carboxylic acids is 1. The van der Waals surface area contributed by atoms with Gasteiger partial charge in [-0.15, -0.1) is 0 Å². The van der Waals surface area contributed by atoms with Crippen LogP contribution < -0.4 is 5.32 Å². The zero-order chi connectivity index (χ0) is 15.7. The Morgan fingerprint density at radius 3 is 2.55 bits per heavy atom. The molecule has 3 aromatic rings. The molecule has 0 aliphatic rings. The molecular weight excluding hydrogens is 278 g/mol. The minimum atomic E-state index is -0.425. The van der Waals surface area contributed by atoms with Gasteiger partial charge in [0.25, 0.3) is 5.91 Å². The molecule has 1 amide bonds. The zero-order valence-electron chi connectivity index (χ0n) is 12.0. The second-order valence-electron chi connectivity index (χ2n) is 5.22. The number of fused-ring (bicyclic) bond motifs is 1. The largest absolute Gasteiger partial charge is 0.508 e. The van der Waals surface area contributed by atoms with E-state index in [1.807, 2.05) is 25.1 Å². The van der Waals surface area contributed by atoms with Crippen LogP contribution in [0.2, 0.25) is 0 Å². The van der Waals surface area contributed by atoms with E-state index in [2.05, 4.69) is 5.32 Å². The van der Waals surface area contributed by atoms with E-state index >= 15 is 0 Å². The van der Waals surface area contributed by atoms with Crippen LogP contribution in [0.4, 0.5) is 5.69 Å². The highest BCUT2D eigenvalue weighted by atomic mass is 16.3. The van der Waals surface area contributed by atoms with Crippen LogP contribution in [0, 0.1) is 6.92 Å². The van der Waals surface area contributed by atoms with Gasteiger partial charge in [0.2, 0.25) is 0 Å². The van der Waals surface area contributed by atoms with E-state index in [0.717, 1.165) is 16.3 Å². The molecule has 22 heavy (non-hydrogen) atoms. The molecule has 0 fully saturated rings. The maximum Gasteiger partial charge on any atom is 0.259 e. The van der Waals surface area contributed by atoms with Crippen LogP contribution in [-0.2, 0) is 0 Å². The lowest BCUT2D eigenvalue weighted by Gasteiger charge is -2.09. The molecular formula is C18H15NO3. The quantitative estimate of drug-likeness (QED) is 0.673. The van der Waals surface area contributed by atoms with E-state index in [4.69, 9.17) is 0 Å². The maximum atomic E-state index is 12.3. The van der Waals surface area contributed by atoms with Gasteiger partial charge in [-0.2, -0.15) is 0 Å². The number of phenolic OH excluding ortho intramolecular Hbond substituents is 2. The third-order valence-corrected chi connectivity index (χ3v) is 3.46. The molecule has 0 saturated carbocycles. The Morgan fingerprint density at radius 1 is 0.955 bits per heavy atom. The lowest BCUT2D eigenvalue weighted by Crippen LogP contribution is -2.12. The summed E-state index contributed by atoms with van der Waals surface area (Å²) in [7, 11) is 0. The molecule has 0 aliphatic carbocycles. The third kappa shape index (κ3) is 2.72. The summed E-state index contributed by atoms with van der Waals surface area (Å²) in [5, 5.41) is 23.9. The highest BCUT2D eigenvalue weighted by Gasteiger charge is 2.13. The molecule has 0 aromatic heterocycles. The van der Waals surface area contributed by atoms with Crippen molar-refractivity contribution in [1.29, 1.82) is 0 Å². The van der Waals surface area contributed by atoms with E-state index in [1.54, 1.807) is 24.3 Å². The van der Waals surface area contributed by atoms with Crippen LogP contribution in [0.1, 0.15) is 15.9 Å². The minimum absolute atomic E-state index is 0.0657. The smallest absolute Gasteiger partial charge is 0.259 e. The summed E-state index contributed by atoms with van der Waals surface area (Å²) in [6.07, 6.45) is 0. The summed E-state index contributed by atoms with van der Waals surface area (Å²) in [5.74, 6) is -0.433. The number of hydrogen-bond donors (Lipinski definition) is 3. The van der Waals surface area contributed by atoms with Crippen molar-refractivity contribution in [3.63, 3.8) is 0 Å². The van der Waals surface area contributed by atoms with Crippen molar-refractivity contribution in [2.75, 3.05) is 5.32 Å². The molecule has 110 valence electrons. The van der Waals surface area contributed by atoms with E-state index in [-0.39, 0.29) is 17.1 Å². The van der Waals surface area contributed by atoms with E-state index in [1.165, 1.54) is 12.1 Å². The first kappa shape index (κ1) is 13.9. The summed E-state index contributed by atoms with van der Waals surface area (Å²) in [4.78, 5) is 12.3. The van der Waals surface area contributed by atoms with E-state index in [0.29, 0.717) is 5.69 Å². The Morgan fingerprint density at radius 2 is 1.77 bits per heavy atom. The van der Waals surface area contributed by atoms with Gasteiger partial charge in [-0.3, -0.25) is 4.79 Å². The molecule has 0 heterocycles. The van der Waals surface area contributed by atoms with Gasteiger partial charge in [0, 0.05) is 11.8 Å². The number of phenols is 2. The molecule has 0 unspecified atom stereocenters. The monoisotopic (exact) mass is 293 g/mol. The molecule has 0 aliphatic heterocycles. The van der Waals surface area contributed by atoms with E-state index in [9.17, 15) is 15.0 Å². The number of carbonyl (C=O) groups is 1. The molecule has 3 rings (SSSR count). The van der Waals surface area contributed by atoms with Crippen LogP contribution in [0.25, 0.3) is 10.8 Å². The van der Waals surface area contributed by atoms with Crippen LogP contribution in [0.3, 0.4) is 0 Å². The predicted octanol–water partition coefficient (Wildman–Crippen LogP) is 3.81. The summed E-state index contributed by atoms with van der Waals surface area (Å²) in [5.41, 5.74) is 1.75. The second-order valence-corrected chi connectivity index (χ2v) is 5.22. The SMILES string of the molecule is Cc1ccc2cc(C(=O)Nc3cccc(O)c3)c(O)cc2c1. The lowest BCUT2D eigenvalue weighted by atomic mass is 10.0. The molecule has 0 bridgehead atoms. The fraction of sp³-hybridized carbons (Fsp3) is 0.0556. The van der Waals surface area contributed by atoms with Gasteiger partial charge in [-0.25, -0.2) is 0 Å². The normalized spacial score (nSPS) is 10.6. The number of benzene rings is 3. The Bertz CT molecular complexity index is 871. The van der Waals surface area contributed by atoms with Crippen molar-refractivity contribution in [3.05, 3.63) is 65.7 Å². The highest BCUT2D eigenvalue weighted by Crippen LogP contribution is 2.27. The summed E-state index contributed by atoms with van der Waals surface area (Å²) < 4.78 is 0. The Hall–Kier alpha value is -3.01. The van der Waals surface area contributed by atoms with Crippen molar-refractivity contribution in [1.82, 2.24) is 0 Å². The van der Waals surface area contributed by atoms with Gasteiger partial charge in [-0.1, -0.05) is 29.8 Å². The fourth-order valence-electron chi connectivity index (χ4n) is 2.37. The number of anilines is 1. The number of nitrogens with one attached hydrogen (secondary N) is 1. The molecule has 0 radical (unpaired) electrons. The van der Waals surface area contributed by atoms with Gasteiger partial charge >= 0.3 is 0 Å². The third-order valence-electron chi connectivity index (χ3n) is 3.46. The number of hydrogen-bond acceptors (Lipinski definition) is 3. The van der Waals surface area contributed by atoms with Crippen LogP contribution >= 0.6 is 0 Å². The van der Waals surface area contributed by atoms with Crippen LogP contribution in [0.5, 0.6) is 11.5 Å². The standard InChI is InChI=1S/C18H15NO3/c1-11-5-6-12-8-16(17(21)9-13(12)7-11)18(22)19-14-3-2-4-15(20)10-14/h2-10,20-21H,1H3,(H,19,22). The Balaban J connectivity index is 1.96. The van der Waals surface area contributed by atoms with Crippen molar-refractivity contribution >= 4 is 22.4 Å². The lowest BCUT2D eigenvalue weighted by molar-refractivity contribution is 0.102. The average molecular weight is 293 g/mol. The van der Waals surface area contributed by atoms with Gasteiger partial charge in [-0.05, 0) is 42.0 Å². The first-order chi connectivity index (χ1) is 10.5. The number of rotatable bonds is 2. The summed E-state index contributed by atoms with van der Waals surface area (Å²) in [6, 6.07) is 15.3. The maximum absolute atomic E-state index is 12.3. The van der Waals surface area contributed by atoms with E-state index < -0.39 is 5.91 Å². The molecule has 3 aromatic carbocycles. The number of aromatic hydroxyl groups is 2. The topological polar surface area (TPSA) is 69.6 Å². The first-order valence-electron chi connectivity index (χ1n) is 6.87. The summed E-state index contributed by atoms with van der Waals surface area (Å²) in [6.45, 7) is 1.97. The van der Waals surface area contributed by atoms with Gasteiger partial charge in [0.1, 0.15) is 11.5 Å². The van der Waals surface area contributed by atoms with Crippen molar-refractivity contribution in [2.45, 2.75) is 6.92 Å². The van der Waals surface area contributed by atoms with Gasteiger partial charge in [0.15, 0.2) is 0 Å².